The molecule has 0 bridgehead atoms. The van der Waals surface area contributed by atoms with Crippen LogP contribution in [0, 0.1) is 27.3 Å². The van der Waals surface area contributed by atoms with Crippen LogP contribution in [-0.4, -0.2) is 17.0 Å². The van der Waals surface area contributed by atoms with Crippen LogP contribution in [-0.2, 0) is 0 Å². The lowest BCUT2D eigenvalue weighted by Crippen LogP contribution is -2.19. The van der Waals surface area contributed by atoms with Crippen molar-refractivity contribution in [2.45, 2.75) is 0 Å². The Kier molecular flexibility index (Phi) is 5.66. The van der Waals surface area contributed by atoms with Gasteiger partial charge in [0.05, 0.1) is 33.4 Å². The molecule has 1 aromatic heterocycles. The fraction of sp³-hybridized carbons (Fsp3) is 0. The highest BCUT2D eigenvalue weighted by Crippen LogP contribution is 2.32. The number of nitrogens with one attached hydrogen (secondary N) is 1. The first kappa shape index (κ1) is 19.7. The molecular formula is C19H10ClFN4O4. The first-order chi connectivity index (χ1) is 13.9. The molecule has 3 aromatic rings. The maximum atomic E-state index is 13.8. The van der Waals surface area contributed by atoms with Crippen molar-refractivity contribution < 1.29 is 18.5 Å². The van der Waals surface area contributed by atoms with Crippen LogP contribution >= 0.6 is 11.6 Å². The lowest BCUT2D eigenvalue weighted by Gasteiger charge is -2.01. The van der Waals surface area contributed by atoms with E-state index in [0.29, 0.717) is 11.3 Å². The van der Waals surface area contributed by atoms with Crippen LogP contribution in [0.4, 0.5) is 10.1 Å². The van der Waals surface area contributed by atoms with Crippen molar-refractivity contribution in [3.05, 3.63) is 86.4 Å². The summed E-state index contributed by atoms with van der Waals surface area (Å²) in [4.78, 5) is 22.2. The molecule has 0 fully saturated rings. The Morgan fingerprint density at radius 3 is 2.72 bits per heavy atom. The summed E-state index contributed by atoms with van der Waals surface area (Å²) in [6, 6.07) is 12.3. The lowest BCUT2D eigenvalue weighted by molar-refractivity contribution is -0.384. The fourth-order valence-corrected chi connectivity index (χ4v) is 2.64. The number of nitro groups is 1. The number of hydrazone groups is 1. The summed E-state index contributed by atoms with van der Waals surface area (Å²) < 4.78 is 19.3. The zero-order chi connectivity index (χ0) is 21.0. The number of benzene rings is 2. The fourth-order valence-electron chi connectivity index (χ4n) is 2.37. The van der Waals surface area contributed by atoms with Gasteiger partial charge in [0.25, 0.3) is 11.6 Å². The van der Waals surface area contributed by atoms with Gasteiger partial charge in [-0.25, -0.2) is 9.82 Å². The van der Waals surface area contributed by atoms with Crippen LogP contribution < -0.4 is 5.43 Å². The van der Waals surface area contributed by atoms with Gasteiger partial charge >= 0.3 is 0 Å². The van der Waals surface area contributed by atoms with Gasteiger partial charge in [-0.1, -0.05) is 11.6 Å². The Labute approximate surface area is 168 Å². The molecule has 0 saturated heterocycles. The first-order valence-electron chi connectivity index (χ1n) is 7.96. The SMILES string of the molecule is N#Cc1ccc(C(=O)N/N=C\c2ccc(-c3ccc([N+](=O)[O-])cc3Cl)o2)c(F)c1. The van der Waals surface area contributed by atoms with Crippen molar-refractivity contribution in [1.82, 2.24) is 5.43 Å². The van der Waals surface area contributed by atoms with Crippen molar-refractivity contribution in [1.29, 1.82) is 5.26 Å². The highest BCUT2D eigenvalue weighted by Gasteiger charge is 2.14. The van der Waals surface area contributed by atoms with Crippen molar-refractivity contribution in [3.63, 3.8) is 0 Å². The molecule has 0 aliphatic rings. The average Bonchev–Trinajstić information content (AvgIpc) is 3.16. The third-order valence-corrected chi connectivity index (χ3v) is 4.07. The van der Waals surface area contributed by atoms with E-state index in [9.17, 15) is 19.3 Å². The summed E-state index contributed by atoms with van der Waals surface area (Å²) in [7, 11) is 0. The molecule has 2 aromatic carbocycles. The summed E-state index contributed by atoms with van der Waals surface area (Å²) in [5, 5.41) is 23.3. The second-order valence-electron chi connectivity index (χ2n) is 5.63. The molecule has 0 saturated carbocycles. The van der Waals surface area contributed by atoms with Crippen molar-refractivity contribution in [3.8, 4) is 17.4 Å². The number of nitro benzene ring substituents is 1. The number of nitrogens with zero attached hydrogens (tertiary/aromatic N) is 3. The quantitative estimate of drug-likeness (QED) is 0.380. The molecule has 29 heavy (non-hydrogen) atoms. The van der Waals surface area contributed by atoms with Crippen molar-refractivity contribution in [2.24, 2.45) is 5.10 Å². The van der Waals surface area contributed by atoms with E-state index in [0.717, 1.165) is 6.07 Å². The molecule has 0 aliphatic heterocycles. The average molecular weight is 413 g/mol. The van der Waals surface area contributed by atoms with Gasteiger partial charge in [0.15, 0.2) is 0 Å². The lowest BCUT2D eigenvalue weighted by atomic mass is 10.1. The number of rotatable bonds is 5. The summed E-state index contributed by atoms with van der Waals surface area (Å²) in [5.74, 6) is -1.04. The van der Waals surface area contributed by atoms with Gasteiger partial charge in [0, 0.05) is 17.7 Å². The Bertz CT molecular complexity index is 1180. The molecule has 144 valence electrons. The topological polar surface area (TPSA) is 122 Å². The van der Waals surface area contributed by atoms with E-state index >= 15 is 0 Å². The summed E-state index contributed by atoms with van der Waals surface area (Å²) in [6.45, 7) is 0. The van der Waals surface area contributed by atoms with Gasteiger partial charge in [0.1, 0.15) is 17.3 Å². The Balaban J connectivity index is 1.70. The highest BCUT2D eigenvalue weighted by atomic mass is 35.5. The number of furan rings is 1. The van der Waals surface area contributed by atoms with Crippen LogP contribution in [0.15, 0.2) is 58.0 Å². The molecular weight excluding hydrogens is 403 g/mol. The largest absolute Gasteiger partial charge is 0.455 e. The molecule has 1 amide bonds. The predicted octanol–water partition coefficient (Wildman–Crippen LogP) is 4.28. The van der Waals surface area contributed by atoms with Gasteiger partial charge in [0.2, 0.25) is 0 Å². The van der Waals surface area contributed by atoms with E-state index in [1.165, 1.54) is 36.5 Å². The van der Waals surface area contributed by atoms with Gasteiger partial charge < -0.3 is 4.42 Å². The molecule has 8 nitrogen and oxygen atoms in total. The Morgan fingerprint density at radius 1 is 1.28 bits per heavy atom. The molecule has 0 unspecified atom stereocenters. The second-order valence-corrected chi connectivity index (χ2v) is 6.04. The van der Waals surface area contributed by atoms with E-state index in [2.05, 4.69) is 10.5 Å². The van der Waals surface area contributed by atoms with Gasteiger partial charge in [-0.15, -0.1) is 0 Å². The van der Waals surface area contributed by atoms with E-state index < -0.39 is 16.6 Å². The Morgan fingerprint density at radius 2 is 2.07 bits per heavy atom. The van der Waals surface area contributed by atoms with Crippen molar-refractivity contribution in [2.75, 3.05) is 0 Å². The highest BCUT2D eigenvalue weighted by molar-refractivity contribution is 6.33. The third kappa shape index (κ3) is 4.45. The minimum absolute atomic E-state index is 0.0931. The first-order valence-corrected chi connectivity index (χ1v) is 8.34. The zero-order valence-electron chi connectivity index (χ0n) is 14.4. The third-order valence-electron chi connectivity index (χ3n) is 3.76. The number of non-ortho nitro benzene ring substituents is 1. The molecule has 0 spiro atoms. The monoisotopic (exact) mass is 412 g/mol. The number of amides is 1. The molecule has 3 rings (SSSR count). The van der Waals surface area contributed by atoms with Gasteiger partial charge in [-0.2, -0.15) is 10.4 Å². The number of nitriles is 1. The second kappa shape index (κ2) is 8.33. The van der Waals surface area contributed by atoms with E-state index in [4.69, 9.17) is 21.3 Å². The molecule has 0 atom stereocenters. The van der Waals surface area contributed by atoms with Crippen LogP contribution in [0.1, 0.15) is 21.7 Å². The molecule has 1 heterocycles. The normalized spacial score (nSPS) is 10.7. The summed E-state index contributed by atoms with van der Waals surface area (Å²) in [6.07, 6.45) is 1.20. The summed E-state index contributed by atoms with van der Waals surface area (Å²) >= 11 is 6.06. The minimum atomic E-state index is -0.843. The number of hydrogen-bond donors (Lipinski definition) is 1. The molecule has 0 aliphatic carbocycles. The molecule has 0 radical (unpaired) electrons. The summed E-state index contributed by atoms with van der Waals surface area (Å²) in [5.41, 5.74) is 2.28. The maximum Gasteiger partial charge on any atom is 0.274 e. The number of carbonyl (C=O) groups excluding carboxylic acids is 1. The predicted molar refractivity (Wildman–Crippen MR) is 102 cm³/mol. The zero-order valence-corrected chi connectivity index (χ0v) is 15.2. The standard InChI is InChI=1S/C19H10ClFN4O4/c20-16-8-12(25(27)28)2-5-14(16)18-6-3-13(29-18)10-23-24-19(26)15-4-1-11(9-22)7-17(15)21/h1-8,10H,(H,24,26)/b23-10-. The van der Waals surface area contributed by atoms with Crippen LogP contribution in [0.5, 0.6) is 0 Å². The van der Waals surface area contributed by atoms with E-state index in [1.54, 1.807) is 18.2 Å². The van der Waals surface area contributed by atoms with Crippen LogP contribution in [0.25, 0.3) is 11.3 Å². The number of halogens is 2. The minimum Gasteiger partial charge on any atom is -0.455 e. The van der Waals surface area contributed by atoms with Gasteiger partial charge in [-0.3, -0.25) is 14.9 Å². The van der Waals surface area contributed by atoms with Crippen molar-refractivity contribution >= 4 is 29.4 Å². The smallest absolute Gasteiger partial charge is 0.274 e. The molecule has 1 N–H and O–H groups in total. The number of hydrogen-bond acceptors (Lipinski definition) is 6. The van der Waals surface area contributed by atoms with E-state index in [-0.39, 0.29) is 27.6 Å². The maximum absolute atomic E-state index is 13.8. The Hall–Kier alpha value is -4.03. The van der Waals surface area contributed by atoms with Crippen LogP contribution in [0.2, 0.25) is 5.02 Å². The number of carbonyl (C=O) groups is 1. The van der Waals surface area contributed by atoms with Gasteiger partial charge in [-0.05, 0) is 36.4 Å². The van der Waals surface area contributed by atoms with Crippen LogP contribution in [0.3, 0.4) is 0 Å². The van der Waals surface area contributed by atoms with E-state index in [1.807, 2.05) is 0 Å². The molecule has 10 heteroatoms.